The summed E-state index contributed by atoms with van der Waals surface area (Å²) in [6, 6.07) is 83.6. The average Bonchev–Trinajstić information content (AvgIpc) is 4.04. The van der Waals surface area contributed by atoms with E-state index in [0.29, 0.717) is 0 Å². The third kappa shape index (κ3) is 5.69. The van der Waals surface area contributed by atoms with Crippen LogP contribution in [0, 0.1) is 0 Å². The van der Waals surface area contributed by atoms with E-state index >= 15 is 0 Å². The fourth-order valence-corrected chi connectivity index (χ4v) is 12.8. The quantitative estimate of drug-likeness (QED) is 0.152. The smallest absolute Gasteiger partial charge is 0.0541 e. The maximum Gasteiger partial charge on any atom is 0.0541 e. The van der Waals surface area contributed by atoms with Crippen molar-refractivity contribution in [3.8, 4) is 50.2 Å². The van der Waals surface area contributed by atoms with Crippen LogP contribution in [-0.2, 0) is 0 Å². The Morgan fingerprint density at radius 1 is 0.231 bits per heavy atom. The first-order valence-electron chi connectivity index (χ1n) is 22.2. The van der Waals surface area contributed by atoms with Crippen molar-refractivity contribution in [1.82, 2.24) is 4.57 Å². The number of nitrogens with zero attached hydrogens (tertiary/aromatic N) is 1. The van der Waals surface area contributed by atoms with Gasteiger partial charge in [-0.1, -0.05) is 152 Å². The number of aromatic nitrogens is 1. The van der Waals surface area contributed by atoms with Gasteiger partial charge in [0.2, 0.25) is 0 Å². The second-order valence-electron chi connectivity index (χ2n) is 17.2. The molecule has 0 aliphatic heterocycles. The predicted octanol–water partition coefficient (Wildman–Crippen LogP) is 18.5. The number of fused-ring (bicyclic) bond motifs is 11. The molecule has 0 saturated heterocycles. The van der Waals surface area contributed by atoms with Crippen molar-refractivity contribution in [3.63, 3.8) is 0 Å². The number of rotatable bonds is 5. The molecule has 14 rings (SSSR count). The van der Waals surface area contributed by atoms with Crippen LogP contribution < -0.4 is 0 Å². The van der Waals surface area contributed by atoms with E-state index in [-0.39, 0.29) is 0 Å². The van der Waals surface area contributed by atoms with Gasteiger partial charge < -0.3 is 4.57 Å². The van der Waals surface area contributed by atoms with Crippen LogP contribution >= 0.6 is 22.7 Å². The molecule has 0 radical (unpaired) electrons. The van der Waals surface area contributed by atoms with E-state index in [1.54, 1.807) is 0 Å². The summed E-state index contributed by atoms with van der Waals surface area (Å²) in [6.07, 6.45) is 0. The number of benzene rings is 11. The summed E-state index contributed by atoms with van der Waals surface area (Å²) in [5.74, 6) is 0. The van der Waals surface area contributed by atoms with Crippen molar-refractivity contribution in [3.05, 3.63) is 224 Å². The summed E-state index contributed by atoms with van der Waals surface area (Å²) in [7, 11) is 0. The minimum atomic E-state index is 1.14. The highest BCUT2D eigenvalue weighted by molar-refractivity contribution is 7.26. The van der Waals surface area contributed by atoms with Crippen molar-refractivity contribution in [1.29, 1.82) is 0 Å². The first-order chi connectivity index (χ1) is 32.2. The van der Waals surface area contributed by atoms with Crippen molar-refractivity contribution in [2.75, 3.05) is 0 Å². The van der Waals surface area contributed by atoms with Gasteiger partial charge in [0.05, 0.1) is 11.0 Å². The van der Waals surface area contributed by atoms with E-state index in [9.17, 15) is 0 Å². The van der Waals surface area contributed by atoms with Gasteiger partial charge in [-0.15, -0.1) is 22.7 Å². The van der Waals surface area contributed by atoms with Gasteiger partial charge in [-0.25, -0.2) is 0 Å². The van der Waals surface area contributed by atoms with Crippen molar-refractivity contribution < 1.29 is 0 Å². The molecule has 0 atom stereocenters. The minimum absolute atomic E-state index is 1.14. The lowest BCUT2D eigenvalue weighted by molar-refractivity contribution is 1.18. The lowest BCUT2D eigenvalue weighted by Gasteiger charge is -2.18. The van der Waals surface area contributed by atoms with Gasteiger partial charge in [0.15, 0.2) is 0 Å². The Bertz CT molecular complexity index is 4010. The Hall–Kier alpha value is -7.82. The average molecular weight is 860 g/mol. The first kappa shape index (κ1) is 36.6. The van der Waals surface area contributed by atoms with Gasteiger partial charge >= 0.3 is 0 Å². The van der Waals surface area contributed by atoms with Gasteiger partial charge in [-0.2, -0.15) is 0 Å². The van der Waals surface area contributed by atoms with Crippen LogP contribution in [0.25, 0.3) is 134 Å². The molecule has 0 aliphatic carbocycles. The maximum absolute atomic E-state index is 2.48. The zero-order chi connectivity index (χ0) is 42.6. The Kier molecular flexibility index (Phi) is 8.09. The Balaban J connectivity index is 0.993. The molecule has 0 aliphatic rings. The van der Waals surface area contributed by atoms with E-state index in [2.05, 4.69) is 229 Å². The fraction of sp³-hybridized carbons (Fsp3) is 0. The molecule has 11 aromatic carbocycles. The minimum Gasteiger partial charge on any atom is -0.309 e. The van der Waals surface area contributed by atoms with E-state index in [4.69, 9.17) is 0 Å². The Labute approximate surface area is 383 Å². The highest BCUT2D eigenvalue weighted by Gasteiger charge is 2.20. The van der Waals surface area contributed by atoms with Crippen molar-refractivity contribution in [2.45, 2.75) is 0 Å². The Morgan fingerprint density at radius 2 is 0.615 bits per heavy atom. The number of thiophene rings is 2. The normalized spacial score (nSPS) is 12.0. The van der Waals surface area contributed by atoms with E-state index in [1.165, 1.54) is 128 Å². The first-order valence-corrected chi connectivity index (χ1v) is 23.9. The van der Waals surface area contributed by atoms with Gasteiger partial charge in [0.25, 0.3) is 0 Å². The predicted molar refractivity (Wildman–Crippen MR) is 283 cm³/mol. The molecular formula is C62H37NS2. The molecule has 65 heavy (non-hydrogen) atoms. The SMILES string of the molecule is c1ccc(-c2c3ccccc3c(-c3cccc(-n4c5ccc(-c6ccc7sc8ccccc8c7c6)cc5c5cc(-c6ccc7sc8ccccc8c7c6)ccc54)c3)c3ccccc23)cc1. The summed E-state index contributed by atoms with van der Waals surface area (Å²) < 4.78 is 7.78. The number of hydrogen-bond donors (Lipinski definition) is 0. The molecule has 3 aromatic heterocycles. The molecule has 3 heterocycles. The van der Waals surface area contributed by atoms with Crippen LogP contribution in [0.4, 0.5) is 0 Å². The van der Waals surface area contributed by atoms with Crippen LogP contribution in [-0.4, -0.2) is 4.57 Å². The van der Waals surface area contributed by atoms with Gasteiger partial charge in [-0.05, 0) is 139 Å². The third-order valence-corrected chi connectivity index (χ3v) is 15.9. The maximum atomic E-state index is 2.48. The molecule has 14 aromatic rings. The molecule has 0 unspecified atom stereocenters. The van der Waals surface area contributed by atoms with Crippen LogP contribution in [0.5, 0.6) is 0 Å². The molecule has 0 N–H and O–H groups in total. The standard InChI is InChI=1S/C62H37NS2/c1-2-13-38(14-3-1)61-47-19-4-6-21-49(47)62(50-22-7-5-20-48(50)61)43-15-12-16-44(33-43)63-55-29-25-39(41-27-31-59-53(36-41)45-17-8-10-23-57(45)64-59)34-51(55)52-35-40(26-30-56(52)63)42-28-32-60-54(37-42)46-18-9-11-24-58(46)65-60/h1-37H. The van der Waals surface area contributed by atoms with Gasteiger partial charge in [-0.3, -0.25) is 0 Å². The second-order valence-corrected chi connectivity index (χ2v) is 19.3. The van der Waals surface area contributed by atoms with Crippen molar-refractivity contribution >= 4 is 106 Å². The molecule has 0 bridgehead atoms. The summed E-state index contributed by atoms with van der Waals surface area (Å²) in [4.78, 5) is 0. The van der Waals surface area contributed by atoms with Crippen LogP contribution in [0.15, 0.2) is 224 Å². The van der Waals surface area contributed by atoms with E-state index in [1.807, 2.05) is 22.7 Å². The fourth-order valence-electron chi connectivity index (χ4n) is 10.6. The zero-order valence-corrected chi connectivity index (χ0v) is 36.8. The summed E-state index contributed by atoms with van der Waals surface area (Å²) >= 11 is 3.74. The molecule has 0 saturated carbocycles. The number of hydrogen-bond acceptors (Lipinski definition) is 2. The summed E-state index contributed by atoms with van der Waals surface area (Å²) in [5, 5.41) is 12.8. The molecule has 0 amide bonds. The topological polar surface area (TPSA) is 4.93 Å². The van der Waals surface area contributed by atoms with Gasteiger partial charge in [0, 0.05) is 56.8 Å². The van der Waals surface area contributed by atoms with E-state index < -0.39 is 0 Å². The van der Waals surface area contributed by atoms with Crippen LogP contribution in [0.2, 0.25) is 0 Å². The second kappa shape index (κ2) is 14.4. The molecule has 1 nitrogen and oxygen atoms in total. The Morgan fingerprint density at radius 3 is 1.12 bits per heavy atom. The van der Waals surface area contributed by atoms with Crippen LogP contribution in [0.3, 0.4) is 0 Å². The summed E-state index contributed by atoms with van der Waals surface area (Å²) in [6.45, 7) is 0. The van der Waals surface area contributed by atoms with Crippen LogP contribution in [0.1, 0.15) is 0 Å². The highest BCUT2D eigenvalue weighted by Crippen LogP contribution is 2.46. The molecular weight excluding hydrogens is 823 g/mol. The molecule has 302 valence electrons. The molecule has 0 spiro atoms. The lowest BCUT2D eigenvalue weighted by Crippen LogP contribution is -1.95. The monoisotopic (exact) mass is 859 g/mol. The van der Waals surface area contributed by atoms with Crippen molar-refractivity contribution in [2.24, 2.45) is 0 Å². The summed E-state index contributed by atoms with van der Waals surface area (Å²) in [5.41, 5.74) is 13.4. The molecule has 0 fully saturated rings. The van der Waals surface area contributed by atoms with E-state index in [0.717, 1.165) is 5.69 Å². The largest absolute Gasteiger partial charge is 0.309 e. The lowest BCUT2D eigenvalue weighted by atomic mass is 9.86. The third-order valence-electron chi connectivity index (χ3n) is 13.6. The highest BCUT2D eigenvalue weighted by atomic mass is 32.1. The molecule has 3 heteroatoms. The zero-order valence-electron chi connectivity index (χ0n) is 35.1. The van der Waals surface area contributed by atoms with Gasteiger partial charge in [0.1, 0.15) is 0 Å².